The molecule has 0 amide bonds. The van der Waals surface area contributed by atoms with Crippen LogP contribution in [0.3, 0.4) is 0 Å². The van der Waals surface area contributed by atoms with E-state index in [9.17, 15) is 0 Å². The third-order valence-electron chi connectivity index (χ3n) is 4.35. The second-order valence-corrected chi connectivity index (χ2v) is 5.53. The highest BCUT2D eigenvalue weighted by Crippen LogP contribution is 2.45. The third kappa shape index (κ3) is 1.80. The second kappa shape index (κ2) is 5.04. The van der Waals surface area contributed by atoms with Crippen LogP contribution in [0.2, 0.25) is 0 Å². The zero-order chi connectivity index (χ0) is 14.2. The molecular formula is C18H20O2. The molecule has 0 atom stereocenters. The summed E-state index contributed by atoms with van der Waals surface area (Å²) < 4.78 is 11.1. The van der Waals surface area contributed by atoms with Crippen LogP contribution in [-0.4, -0.2) is 27.4 Å². The lowest BCUT2D eigenvalue weighted by molar-refractivity contribution is 0.0798. The largest absolute Gasteiger partial charge is 0.383 e. The van der Waals surface area contributed by atoms with E-state index in [0.29, 0.717) is 13.2 Å². The number of fused-ring (bicyclic) bond motifs is 3. The molecule has 2 aromatic carbocycles. The van der Waals surface area contributed by atoms with Crippen LogP contribution in [0.1, 0.15) is 18.1 Å². The van der Waals surface area contributed by atoms with Crippen molar-refractivity contribution >= 4 is 16.8 Å². The molecule has 0 aliphatic heterocycles. The molecule has 2 nitrogen and oxygen atoms in total. The summed E-state index contributed by atoms with van der Waals surface area (Å²) in [5, 5.41) is 2.57. The smallest absolute Gasteiger partial charge is 0.0641 e. The van der Waals surface area contributed by atoms with Gasteiger partial charge in [-0.25, -0.2) is 0 Å². The fourth-order valence-corrected chi connectivity index (χ4v) is 3.42. The molecule has 0 heterocycles. The molecule has 0 spiro atoms. The van der Waals surface area contributed by atoms with E-state index in [1.807, 2.05) is 0 Å². The average molecular weight is 268 g/mol. The molecule has 0 fully saturated rings. The highest BCUT2D eigenvalue weighted by atomic mass is 16.5. The molecule has 2 aromatic rings. The zero-order valence-corrected chi connectivity index (χ0v) is 12.3. The van der Waals surface area contributed by atoms with Gasteiger partial charge in [0.25, 0.3) is 0 Å². The van der Waals surface area contributed by atoms with Crippen molar-refractivity contribution in [2.24, 2.45) is 0 Å². The molecule has 1 aliphatic carbocycles. The Kier molecular flexibility index (Phi) is 3.36. The summed E-state index contributed by atoms with van der Waals surface area (Å²) in [6.07, 6.45) is 2.26. The quantitative estimate of drug-likeness (QED) is 0.840. The highest BCUT2D eigenvalue weighted by Gasteiger charge is 2.41. The molecule has 104 valence electrons. The van der Waals surface area contributed by atoms with Gasteiger partial charge in [-0.2, -0.15) is 0 Å². The van der Waals surface area contributed by atoms with Gasteiger partial charge in [0.2, 0.25) is 0 Å². The number of methoxy groups -OCH3 is 2. The Balaban J connectivity index is 2.30. The Morgan fingerprint density at radius 2 is 1.65 bits per heavy atom. The number of rotatable bonds is 4. The van der Waals surface area contributed by atoms with E-state index in [1.165, 1.54) is 27.5 Å². The van der Waals surface area contributed by atoms with Gasteiger partial charge in [-0.1, -0.05) is 48.0 Å². The van der Waals surface area contributed by atoms with Crippen molar-refractivity contribution in [3.8, 4) is 0 Å². The van der Waals surface area contributed by atoms with Crippen LogP contribution in [0.25, 0.3) is 16.8 Å². The lowest BCUT2D eigenvalue weighted by Crippen LogP contribution is -2.36. The number of hydrogen-bond donors (Lipinski definition) is 0. The predicted molar refractivity (Wildman–Crippen MR) is 83.0 cm³/mol. The molecule has 0 N–H and O–H groups in total. The lowest BCUT2D eigenvalue weighted by Gasteiger charge is -2.32. The lowest BCUT2D eigenvalue weighted by atomic mass is 9.77. The third-order valence-corrected chi connectivity index (χ3v) is 4.35. The summed E-state index contributed by atoms with van der Waals surface area (Å²) in [7, 11) is 3.52. The van der Waals surface area contributed by atoms with E-state index < -0.39 is 0 Å². The van der Waals surface area contributed by atoms with E-state index in [-0.39, 0.29) is 5.41 Å². The van der Waals surface area contributed by atoms with Crippen molar-refractivity contribution in [3.63, 3.8) is 0 Å². The minimum atomic E-state index is -0.167. The maximum Gasteiger partial charge on any atom is 0.0641 e. The first-order chi connectivity index (χ1) is 9.73. The molecule has 0 radical (unpaired) electrons. The normalized spacial score (nSPS) is 16.2. The van der Waals surface area contributed by atoms with Gasteiger partial charge in [0.05, 0.1) is 18.6 Å². The monoisotopic (exact) mass is 268 g/mol. The molecule has 0 bridgehead atoms. The van der Waals surface area contributed by atoms with Gasteiger partial charge in [0.15, 0.2) is 0 Å². The van der Waals surface area contributed by atoms with Crippen molar-refractivity contribution in [2.45, 2.75) is 12.3 Å². The molecule has 0 saturated carbocycles. The van der Waals surface area contributed by atoms with Crippen LogP contribution in [0.4, 0.5) is 0 Å². The van der Waals surface area contributed by atoms with Gasteiger partial charge in [-0.15, -0.1) is 0 Å². The van der Waals surface area contributed by atoms with E-state index in [0.717, 1.165) is 0 Å². The Labute approximate surface area is 120 Å². The minimum absolute atomic E-state index is 0.167. The predicted octanol–water partition coefficient (Wildman–Crippen LogP) is 3.79. The summed E-state index contributed by atoms with van der Waals surface area (Å²) in [5.74, 6) is 0. The van der Waals surface area contributed by atoms with Crippen LogP contribution in [0.5, 0.6) is 0 Å². The summed E-state index contributed by atoms with van der Waals surface area (Å²) in [6.45, 7) is 3.46. The van der Waals surface area contributed by atoms with Crippen LogP contribution >= 0.6 is 0 Å². The minimum Gasteiger partial charge on any atom is -0.383 e. The van der Waals surface area contributed by atoms with Crippen molar-refractivity contribution in [1.82, 2.24) is 0 Å². The highest BCUT2D eigenvalue weighted by molar-refractivity contribution is 5.93. The van der Waals surface area contributed by atoms with Crippen molar-refractivity contribution in [1.29, 1.82) is 0 Å². The maximum absolute atomic E-state index is 5.54. The van der Waals surface area contributed by atoms with Crippen LogP contribution in [-0.2, 0) is 14.9 Å². The van der Waals surface area contributed by atoms with Crippen LogP contribution in [0.15, 0.2) is 42.0 Å². The van der Waals surface area contributed by atoms with Crippen LogP contribution in [0, 0.1) is 0 Å². The van der Waals surface area contributed by atoms with Crippen LogP contribution < -0.4 is 0 Å². The summed E-state index contributed by atoms with van der Waals surface area (Å²) in [6, 6.07) is 12.9. The molecular weight excluding hydrogens is 248 g/mol. The van der Waals surface area contributed by atoms with Crippen molar-refractivity contribution in [3.05, 3.63) is 53.1 Å². The maximum atomic E-state index is 5.54. The number of benzene rings is 2. The summed E-state index contributed by atoms with van der Waals surface area (Å²) >= 11 is 0. The molecule has 0 unspecified atom stereocenters. The molecule has 2 heteroatoms. The van der Waals surface area contributed by atoms with Gasteiger partial charge in [-0.3, -0.25) is 0 Å². The zero-order valence-electron chi connectivity index (χ0n) is 12.3. The fraction of sp³-hybridized carbons (Fsp3) is 0.333. The molecule has 1 aliphatic rings. The molecule has 3 rings (SSSR count). The van der Waals surface area contributed by atoms with E-state index in [2.05, 4.69) is 49.4 Å². The summed E-state index contributed by atoms with van der Waals surface area (Å²) in [5.41, 5.74) is 3.78. The van der Waals surface area contributed by atoms with Gasteiger partial charge in [0.1, 0.15) is 0 Å². The first-order valence-corrected chi connectivity index (χ1v) is 6.92. The Bertz CT molecular complexity index is 664. The van der Waals surface area contributed by atoms with E-state index in [1.54, 1.807) is 14.2 Å². The first-order valence-electron chi connectivity index (χ1n) is 6.92. The SMILES string of the molecule is COCC1(COC)C(C)=Cc2ccc3ccccc3c21. The Hall–Kier alpha value is -1.64. The molecule has 0 aromatic heterocycles. The Morgan fingerprint density at radius 3 is 2.35 bits per heavy atom. The van der Waals surface area contributed by atoms with Gasteiger partial charge < -0.3 is 9.47 Å². The topological polar surface area (TPSA) is 18.5 Å². The van der Waals surface area contributed by atoms with Gasteiger partial charge >= 0.3 is 0 Å². The number of ether oxygens (including phenoxy) is 2. The standard InChI is InChI=1S/C18H20O2/c1-13-10-15-9-8-14-6-4-5-7-16(14)17(15)18(13,11-19-2)12-20-3/h4-10H,11-12H2,1-3H3. The van der Waals surface area contributed by atoms with Gasteiger partial charge in [-0.05, 0) is 28.8 Å². The van der Waals surface area contributed by atoms with Gasteiger partial charge in [0, 0.05) is 14.2 Å². The average Bonchev–Trinajstić information content (AvgIpc) is 2.73. The second-order valence-electron chi connectivity index (χ2n) is 5.53. The molecule has 20 heavy (non-hydrogen) atoms. The Morgan fingerprint density at radius 1 is 0.950 bits per heavy atom. The van der Waals surface area contributed by atoms with E-state index >= 15 is 0 Å². The number of hydrogen-bond acceptors (Lipinski definition) is 2. The van der Waals surface area contributed by atoms with E-state index in [4.69, 9.17) is 9.47 Å². The fourth-order valence-electron chi connectivity index (χ4n) is 3.42. The first kappa shape index (κ1) is 13.3. The summed E-state index contributed by atoms with van der Waals surface area (Å²) in [4.78, 5) is 0. The van der Waals surface area contributed by atoms with Crippen molar-refractivity contribution in [2.75, 3.05) is 27.4 Å². The molecule has 0 saturated heterocycles. The van der Waals surface area contributed by atoms with Crippen molar-refractivity contribution < 1.29 is 9.47 Å².